The summed E-state index contributed by atoms with van der Waals surface area (Å²) < 4.78 is 48.9. The third kappa shape index (κ3) is 12.6. The molecule has 6 aromatic carbocycles. The molecule has 0 spiro atoms. The zero-order chi connectivity index (χ0) is 50.4. The predicted molar refractivity (Wildman–Crippen MR) is 261 cm³/mol. The van der Waals surface area contributed by atoms with Gasteiger partial charge < -0.3 is 43.0 Å². The molecule has 0 unspecified atom stereocenters. The number of methoxy groups -OCH3 is 1. The predicted octanol–water partition coefficient (Wildman–Crippen LogP) is 7.83. The number of thioether (sulfide) groups is 1. The normalized spacial score (nSPS) is 23.6. The Morgan fingerprint density at radius 3 is 1.18 bits per heavy atom. The molecule has 1 aliphatic heterocycles. The molecule has 10 atom stereocenters. The van der Waals surface area contributed by atoms with Gasteiger partial charge >= 0.3 is 35.8 Å². The monoisotopic (exact) mass is 994 g/mol. The van der Waals surface area contributed by atoms with Crippen LogP contribution >= 0.6 is 11.8 Å². The van der Waals surface area contributed by atoms with Gasteiger partial charge in [0.1, 0.15) is 24.9 Å². The van der Waals surface area contributed by atoms with Crippen LogP contribution in [0.1, 0.15) is 68.6 Å². The largest absolute Gasteiger partial charge is 0.462 e. The Balaban J connectivity index is 1.20. The minimum atomic E-state index is -1.67. The number of benzene rings is 6. The molecular formula is C56H50O15S. The highest BCUT2D eigenvalue weighted by atomic mass is 32.2. The van der Waals surface area contributed by atoms with Crippen LogP contribution in [-0.4, -0.2) is 115 Å². The van der Waals surface area contributed by atoms with Crippen LogP contribution in [0.4, 0.5) is 0 Å². The quantitative estimate of drug-likeness (QED) is 0.0685. The van der Waals surface area contributed by atoms with Crippen molar-refractivity contribution in [2.24, 2.45) is 5.92 Å². The summed E-state index contributed by atoms with van der Waals surface area (Å²) in [5.74, 6) is -5.66. The molecule has 8 rings (SSSR count). The first-order valence-corrected chi connectivity index (χ1v) is 24.0. The summed E-state index contributed by atoms with van der Waals surface area (Å²) >= 11 is 1.01. The maximum Gasteiger partial charge on any atom is 0.338 e. The van der Waals surface area contributed by atoms with Crippen molar-refractivity contribution in [3.8, 4) is 0 Å². The highest BCUT2D eigenvalue weighted by Gasteiger charge is 2.56. The zero-order valence-corrected chi connectivity index (χ0v) is 39.6. The van der Waals surface area contributed by atoms with Gasteiger partial charge in [-0.3, -0.25) is 0 Å². The van der Waals surface area contributed by atoms with Gasteiger partial charge in [0.2, 0.25) is 0 Å². The molecule has 72 heavy (non-hydrogen) atoms. The van der Waals surface area contributed by atoms with Crippen molar-refractivity contribution in [2.45, 2.75) is 59.8 Å². The molecule has 0 radical (unpaired) electrons. The molecule has 1 saturated carbocycles. The molecule has 6 aromatic rings. The van der Waals surface area contributed by atoms with Gasteiger partial charge in [0.15, 0.2) is 24.6 Å². The molecule has 2 fully saturated rings. The summed E-state index contributed by atoms with van der Waals surface area (Å²) in [7, 11) is 1.30. The van der Waals surface area contributed by atoms with E-state index in [1.54, 1.807) is 133 Å². The highest BCUT2D eigenvalue weighted by Crippen LogP contribution is 2.44. The van der Waals surface area contributed by atoms with Crippen LogP contribution in [0.3, 0.4) is 0 Å². The molecule has 16 heteroatoms. The van der Waals surface area contributed by atoms with E-state index in [9.17, 15) is 33.9 Å². The van der Waals surface area contributed by atoms with Crippen LogP contribution in [0, 0.1) is 5.92 Å². The number of carbonyl (C=O) groups is 6. The molecule has 1 aliphatic carbocycles. The summed E-state index contributed by atoms with van der Waals surface area (Å²) in [5.41, 5.74) is 1.08. The minimum absolute atomic E-state index is 0.0887. The SMILES string of the molecule is CO[C@H]1O[C@H](COC(=O)c2ccccc2)[C@@H](S[C@H]2C[C@H](COC(=O)c3ccccc3)[C@@H](OC(=O)c3ccccc3)[C@H](OC(=O)c3ccccc3)[C@@H]2O)[C@H](OC(=O)c2ccccc2)[C@H]1OC(=O)c1ccccc1. The lowest BCUT2D eigenvalue weighted by Crippen LogP contribution is -2.62. The average molecular weight is 995 g/mol. The average Bonchev–Trinajstić information content (AvgIpc) is 3.43. The van der Waals surface area contributed by atoms with Crippen LogP contribution in [0.2, 0.25) is 0 Å². The van der Waals surface area contributed by atoms with E-state index >= 15 is 0 Å². The van der Waals surface area contributed by atoms with Crippen molar-refractivity contribution in [1.82, 2.24) is 0 Å². The van der Waals surface area contributed by atoms with Crippen molar-refractivity contribution in [3.05, 3.63) is 215 Å². The van der Waals surface area contributed by atoms with Crippen molar-refractivity contribution in [3.63, 3.8) is 0 Å². The van der Waals surface area contributed by atoms with E-state index in [4.69, 9.17) is 37.9 Å². The van der Waals surface area contributed by atoms with Gasteiger partial charge in [-0.05, 0) is 79.2 Å². The number of hydrogen-bond acceptors (Lipinski definition) is 16. The van der Waals surface area contributed by atoms with Gasteiger partial charge in [0.05, 0.1) is 45.2 Å². The fourth-order valence-corrected chi connectivity index (χ4v) is 10.2. The van der Waals surface area contributed by atoms with Crippen LogP contribution in [0.25, 0.3) is 0 Å². The summed E-state index contributed by atoms with van der Waals surface area (Å²) in [6.45, 7) is -0.854. The lowest BCUT2D eigenvalue weighted by molar-refractivity contribution is -0.258. The second kappa shape index (κ2) is 24.5. The molecule has 1 N–H and O–H groups in total. The van der Waals surface area contributed by atoms with Crippen LogP contribution in [-0.2, 0) is 37.9 Å². The van der Waals surface area contributed by atoms with Crippen molar-refractivity contribution < 1.29 is 71.8 Å². The molecule has 0 aromatic heterocycles. The second-order valence-electron chi connectivity index (χ2n) is 16.8. The Morgan fingerprint density at radius 2 is 0.792 bits per heavy atom. The fourth-order valence-electron chi connectivity index (χ4n) is 8.39. The third-order valence-electron chi connectivity index (χ3n) is 12.0. The first kappa shape index (κ1) is 50.7. The van der Waals surface area contributed by atoms with Crippen molar-refractivity contribution in [1.29, 1.82) is 0 Å². The van der Waals surface area contributed by atoms with Gasteiger partial charge in [0.25, 0.3) is 0 Å². The summed E-state index contributed by atoms with van der Waals surface area (Å²) in [6.07, 6.45) is -10.3. The lowest BCUT2D eigenvalue weighted by atomic mass is 9.82. The topological polar surface area (TPSA) is 196 Å². The number of aliphatic hydroxyl groups is 1. The molecule has 0 amide bonds. The first-order chi connectivity index (χ1) is 35.1. The second-order valence-corrected chi connectivity index (χ2v) is 18.2. The van der Waals surface area contributed by atoms with Crippen LogP contribution < -0.4 is 0 Å². The van der Waals surface area contributed by atoms with E-state index in [1.807, 2.05) is 0 Å². The maximum atomic E-state index is 14.2. The van der Waals surface area contributed by atoms with Gasteiger partial charge in [-0.25, -0.2) is 28.8 Å². The number of aliphatic hydroxyl groups excluding tert-OH is 1. The number of hydrogen-bond donors (Lipinski definition) is 1. The van der Waals surface area contributed by atoms with Crippen LogP contribution in [0.15, 0.2) is 182 Å². The Morgan fingerprint density at radius 1 is 0.458 bits per heavy atom. The van der Waals surface area contributed by atoms with E-state index < -0.39 is 108 Å². The molecule has 1 saturated heterocycles. The fraction of sp³-hybridized carbons (Fsp3) is 0.250. The molecular weight excluding hydrogens is 945 g/mol. The lowest BCUT2D eigenvalue weighted by Gasteiger charge is -2.48. The summed E-state index contributed by atoms with van der Waals surface area (Å²) in [4.78, 5) is 83.1. The zero-order valence-electron chi connectivity index (χ0n) is 38.8. The first-order valence-electron chi connectivity index (χ1n) is 23.1. The molecule has 2 aliphatic rings. The van der Waals surface area contributed by atoms with Crippen LogP contribution in [0.5, 0.6) is 0 Å². The highest BCUT2D eigenvalue weighted by molar-refractivity contribution is 8.00. The van der Waals surface area contributed by atoms with Gasteiger partial charge in [-0.2, -0.15) is 0 Å². The van der Waals surface area contributed by atoms with E-state index in [0.29, 0.717) is 0 Å². The number of carbonyl (C=O) groups excluding carboxylic acids is 6. The maximum absolute atomic E-state index is 14.2. The van der Waals surface area contributed by atoms with Gasteiger partial charge in [-0.1, -0.05) is 109 Å². The van der Waals surface area contributed by atoms with Crippen molar-refractivity contribution in [2.75, 3.05) is 20.3 Å². The van der Waals surface area contributed by atoms with Gasteiger partial charge in [-0.15, -0.1) is 11.8 Å². The number of esters is 6. The van der Waals surface area contributed by atoms with Crippen molar-refractivity contribution >= 4 is 47.6 Å². The van der Waals surface area contributed by atoms with E-state index in [0.717, 1.165) is 11.8 Å². The number of rotatable bonds is 17. The Kier molecular flexibility index (Phi) is 17.2. The smallest absolute Gasteiger partial charge is 0.338 e. The minimum Gasteiger partial charge on any atom is -0.462 e. The van der Waals surface area contributed by atoms with E-state index in [2.05, 4.69) is 0 Å². The van der Waals surface area contributed by atoms with E-state index in [1.165, 1.54) is 55.6 Å². The Hall–Kier alpha value is -7.63. The molecule has 370 valence electrons. The standard InChI is InChI=1S/C56H50O15S/c1-64-56-48(71-55(63)40-30-18-7-19-31-40)47(70-54(62)39-28-16-6-17-29-39)49(42(67-56)34-66-51(59)36-22-10-3-11-23-36)72-43-32-41(33-65-50(58)35-20-8-2-9-21-35)45(68-52(60)37-24-12-4-13-25-37)46(44(43)57)69-53(61)38-26-14-5-15-27-38/h2-31,41-49,56-57H,32-34H2,1H3/t41-,42-,43+,44-,45-,46-,47-,48-,49-,56+/m1/s1. The number of ether oxygens (including phenoxy) is 8. The molecule has 1 heterocycles. The third-order valence-corrected chi connectivity index (χ3v) is 13.7. The van der Waals surface area contributed by atoms with E-state index in [-0.39, 0.29) is 39.8 Å². The Bertz CT molecular complexity index is 2750. The Labute approximate surface area is 419 Å². The molecule has 15 nitrogen and oxygen atoms in total. The molecule has 0 bridgehead atoms. The van der Waals surface area contributed by atoms with Gasteiger partial charge in [0, 0.05) is 18.3 Å². The summed E-state index contributed by atoms with van der Waals surface area (Å²) in [5, 5.41) is 10.5. The summed E-state index contributed by atoms with van der Waals surface area (Å²) in [6, 6.07) is 48.7.